The number of amidine groups is 3. The van der Waals surface area contributed by atoms with Crippen molar-refractivity contribution in [2.24, 2.45) is 32.7 Å². The zero-order chi connectivity index (χ0) is 80.9. The number of anilines is 3. The van der Waals surface area contributed by atoms with Crippen LogP contribution in [0, 0.1) is 31.6 Å². The quantitative estimate of drug-likeness (QED) is 0.0565. The van der Waals surface area contributed by atoms with E-state index in [0.717, 1.165) is 198 Å². The number of amides is 5. The number of aryl methyl sites for hydroxylation is 2. The minimum absolute atomic E-state index is 0.0291. The Hall–Kier alpha value is -9.78. The normalized spacial score (nSPS) is 22.6. The van der Waals surface area contributed by atoms with Crippen molar-refractivity contribution in [1.29, 1.82) is 0 Å². The molecular weight excluding hydrogens is 1460 g/mol. The molecule has 5 amide bonds. The maximum atomic E-state index is 13.2. The van der Waals surface area contributed by atoms with Gasteiger partial charge in [-0.15, -0.1) is 0 Å². The van der Waals surface area contributed by atoms with E-state index in [4.69, 9.17) is 18.9 Å². The predicted octanol–water partition coefficient (Wildman–Crippen LogP) is 13.8. The van der Waals surface area contributed by atoms with Gasteiger partial charge in [-0.25, -0.2) is 15.0 Å². The summed E-state index contributed by atoms with van der Waals surface area (Å²) in [6, 6.07) is 30.9. The van der Waals surface area contributed by atoms with Gasteiger partial charge in [-0.05, 0) is 226 Å². The third-order valence-corrected chi connectivity index (χ3v) is 24.3. The van der Waals surface area contributed by atoms with E-state index >= 15 is 0 Å². The Morgan fingerprint density at radius 3 is 1.09 bits per heavy atom. The van der Waals surface area contributed by atoms with Crippen molar-refractivity contribution in [1.82, 2.24) is 40.3 Å². The molecule has 6 aromatic rings. The molecule has 0 atom stereocenters. The van der Waals surface area contributed by atoms with E-state index in [2.05, 4.69) is 70.0 Å². The lowest BCUT2D eigenvalue weighted by Gasteiger charge is -2.36. The van der Waals surface area contributed by atoms with Crippen LogP contribution in [0.4, 0.5) is 17.1 Å². The van der Waals surface area contributed by atoms with Gasteiger partial charge in [0.15, 0.2) is 0 Å². The molecule has 0 spiro atoms. The number of nitrogens with one attached hydrogen (secondary N) is 2. The highest BCUT2D eigenvalue weighted by Gasteiger charge is 2.41. The molecule has 3 aliphatic carbocycles. The third kappa shape index (κ3) is 22.5. The number of benzene rings is 3. The Labute approximate surface area is 685 Å². The van der Waals surface area contributed by atoms with Crippen molar-refractivity contribution >= 4 is 70.1 Å². The molecule has 15 rings (SSSR count). The van der Waals surface area contributed by atoms with Crippen molar-refractivity contribution < 1.29 is 47.7 Å². The summed E-state index contributed by atoms with van der Waals surface area (Å²) in [7, 11) is 1.45. The minimum Gasteiger partial charge on any atom is -0.476 e. The average Bonchev–Trinajstić information content (AvgIpc) is 1.63. The Morgan fingerprint density at radius 2 is 0.759 bits per heavy atom. The van der Waals surface area contributed by atoms with Gasteiger partial charge in [0.1, 0.15) is 37.3 Å². The molecule has 3 aromatic heterocycles. The topological polar surface area (TPSA) is 259 Å². The Morgan fingerprint density at radius 1 is 0.431 bits per heavy atom. The number of aliphatic imine (C=N–C) groups is 3. The molecule has 9 aliphatic rings. The minimum atomic E-state index is -0.244. The number of hydrogen-bond acceptors (Lipinski definition) is 16. The van der Waals surface area contributed by atoms with Gasteiger partial charge < -0.3 is 44.3 Å². The van der Waals surface area contributed by atoms with E-state index < -0.39 is 0 Å². The zero-order valence-corrected chi connectivity index (χ0v) is 69.1. The zero-order valence-electron chi connectivity index (χ0n) is 69.1. The summed E-state index contributed by atoms with van der Waals surface area (Å²) in [5, 5.41) is 6.04. The number of pyridine rings is 3. The van der Waals surface area contributed by atoms with Gasteiger partial charge in [-0.3, -0.25) is 43.5 Å². The van der Waals surface area contributed by atoms with Gasteiger partial charge in [0, 0.05) is 152 Å². The molecule has 116 heavy (non-hydrogen) atoms. The molecule has 0 bridgehead atoms. The Balaban J connectivity index is 0.000000151. The highest BCUT2D eigenvalue weighted by atomic mass is 16.5. The molecule has 6 fully saturated rings. The number of carbonyl (C=O) groups excluding carboxylic acids is 6. The second-order valence-corrected chi connectivity index (χ2v) is 33.0. The van der Waals surface area contributed by atoms with Crippen LogP contribution in [-0.4, -0.2) is 199 Å². The first kappa shape index (κ1) is 84.1. The van der Waals surface area contributed by atoms with Crippen LogP contribution >= 0.6 is 0 Å². The summed E-state index contributed by atoms with van der Waals surface area (Å²) in [6.07, 6.45) is 28.7. The third-order valence-electron chi connectivity index (χ3n) is 24.3. The van der Waals surface area contributed by atoms with Gasteiger partial charge in [0.25, 0.3) is 17.7 Å². The van der Waals surface area contributed by atoms with Crippen molar-refractivity contribution in [2.45, 2.75) is 213 Å². The maximum Gasteiger partial charge on any atom is 0.308 e. The summed E-state index contributed by atoms with van der Waals surface area (Å²) in [5.74, 6) is 3.51. The number of methoxy groups -OCH3 is 1. The van der Waals surface area contributed by atoms with Gasteiger partial charge in [-0.2, -0.15) is 15.0 Å². The smallest absolute Gasteiger partial charge is 0.308 e. The average molecular weight is 1580 g/mol. The van der Waals surface area contributed by atoms with Crippen molar-refractivity contribution in [2.75, 3.05) is 107 Å². The van der Waals surface area contributed by atoms with Gasteiger partial charge >= 0.3 is 5.97 Å². The molecule has 3 saturated heterocycles. The molecule has 0 radical (unpaired) electrons. The molecule has 24 nitrogen and oxygen atoms in total. The Kier molecular flexibility index (Phi) is 30.0. The number of rotatable bonds is 23. The summed E-state index contributed by atoms with van der Waals surface area (Å²) >= 11 is 0. The fourth-order valence-electron chi connectivity index (χ4n) is 17.9. The summed E-state index contributed by atoms with van der Waals surface area (Å²) < 4.78 is 23.3. The lowest BCUT2D eigenvalue weighted by molar-refractivity contribution is -0.146. The van der Waals surface area contributed by atoms with E-state index in [-0.39, 0.29) is 77.4 Å². The van der Waals surface area contributed by atoms with Crippen LogP contribution in [0.15, 0.2) is 131 Å². The van der Waals surface area contributed by atoms with Crippen LogP contribution in [0.1, 0.15) is 214 Å². The monoisotopic (exact) mass is 1580 g/mol. The second-order valence-electron chi connectivity index (χ2n) is 33.0. The lowest BCUT2D eigenvalue weighted by atomic mass is 9.84. The van der Waals surface area contributed by atoms with Crippen LogP contribution < -0.4 is 39.5 Å². The number of piperidine rings is 3. The maximum absolute atomic E-state index is 13.2. The van der Waals surface area contributed by atoms with Crippen molar-refractivity contribution in [3.05, 3.63) is 160 Å². The first-order chi connectivity index (χ1) is 56.5. The molecule has 3 saturated carbocycles. The van der Waals surface area contributed by atoms with Crippen molar-refractivity contribution in [3.63, 3.8) is 0 Å². The fraction of sp³-hybridized carbons (Fsp3) is 0.543. The van der Waals surface area contributed by atoms with E-state index in [1.54, 1.807) is 12.1 Å². The molecule has 9 heterocycles. The summed E-state index contributed by atoms with van der Waals surface area (Å²) in [4.78, 5) is 118. The number of nitrogens with zero attached hydrogens (tertiary/aromatic N) is 12. The van der Waals surface area contributed by atoms with Gasteiger partial charge in [0.2, 0.25) is 29.5 Å². The molecule has 618 valence electrons. The fourth-order valence-corrected chi connectivity index (χ4v) is 17.9. The van der Waals surface area contributed by atoms with Crippen LogP contribution in [0.3, 0.4) is 0 Å². The first-order valence-electron chi connectivity index (χ1n) is 43.1. The van der Waals surface area contributed by atoms with Crippen LogP contribution in [-0.2, 0) is 38.4 Å². The number of ether oxygens (including phenoxy) is 4. The number of esters is 1. The summed E-state index contributed by atoms with van der Waals surface area (Å²) in [6.45, 7) is 22.0. The highest BCUT2D eigenvalue weighted by Crippen LogP contribution is 2.43. The molecule has 24 heteroatoms. The lowest BCUT2D eigenvalue weighted by Crippen LogP contribution is -2.44. The van der Waals surface area contributed by atoms with E-state index in [1.165, 1.54) is 64.9 Å². The number of hydrogen-bond donors (Lipinski definition) is 2. The predicted molar refractivity (Wildman–Crippen MR) is 454 cm³/mol. The Bertz CT molecular complexity index is 4400. The largest absolute Gasteiger partial charge is 0.476 e. The van der Waals surface area contributed by atoms with E-state index in [0.29, 0.717) is 80.0 Å². The van der Waals surface area contributed by atoms with E-state index in [1.807, 2.05) is 138 Å². The van der Waals surface area contributed by atoms with Gasteiger partial charge in [0.05, 0.1) is 30.1 Å². The number of likely N-dealkylation sites (tertiary alicyclic amines) is 3. The van der Waals surface area contributed by atoms with Gasteiger partial charge in [-0.1, -0.05) is 72.9 Å². The van der Waals surface area contributed by atoms with Crippen LogP contribution in [0.2, 0.25) is 0 Å². The number of carbonyl (C=O) groups is 6. The highest BCUT2D eigenvalue weighted by molar-refractivity contribution is 6.15. The second kappa shape index (κ2) is 41.4. The standard InChI is InChI=1S/C32H43N5O3.C30H39N5O3.C30H38N4O4/c1-22(2)34-31(38)25-11-13-27(14-12-25)37-28-20-30(40-18-17-36-15-5-4-6-16-36)33-21-26(28)19-29(37)35-32(39)24-9-7-23(3)8-10-24;1-2-31-29(36)23-11-13-25(14-12-23)35-26-20-28(38-18-17-34-15-7-4-8-16-34)32-21-24(26)19-27(35)33-30(37)22-9-5-3-6-10-22;1-21-6-8-22(9-7-21)29(35)32-27-18-24-20-31-28(38-17-16-33-14-4-3-5-15-33)19-26(24)34(27)25-12-10-23(11-13-25)30(36)37-2/h7-10,20-22,25,27H,4-6,11-19H2,1-3H3,(H,34,38);3,5-6,9-10,20-21,23,25H,2,4,7-8,11-19H2,1H3,(H,31,36);6-9,19-20,23,25H,3-5,10-18H2,1-2H3. The van der Waals surface area contributed by atoms with Crippen LogP contribution in [0.25, 0.3) is 0 Å². The molecule has 6 aliphatic heterocycles. The SMILES string of the molecule is CCNC(=O)C1CCC(N2C(=NC(=O)c3ccccc3)Cc3cnc(OCCN4CCCCC4)cc32)CC1.COC(=O)C1CCC(N2C(=NC(=O)c3ccc(C)cc3)Cc3cnc(OCCN4CCCCC4)cc32)CC1.Cc1ccc(C(=O)N=C2Cc3cnc(OCCN4CCCCC4)cc3N2C2CCC(C(=O)NC(C)C)CC2)cc1. The van der Waals surface area contributed by atoms with Crippen LogP contribution in [0.5, 0.6) is 17.6 Å². The number of fused-ring (bicyclic) bond motifs is 3. The van der Waals surface area contributed by atoms with Crippen molar-refractivity contribution in [3.8, 4) is 17.6 Å². The summed E-state index contributed by atoms with van der Waals surface area (Å²) in [5.41, 5.74) is 10.2. The first-order valence-corrected chi connectivity index (χ1v) is 43.1. The van der Waals surface area contributed by atoms with E-state index in [9.17, 15) is 28.8 Å². The number of aromatic nitrogens is 3. The molecule has 2 N–H and O–H groups in total. The molecular formula is C92H120N14O10. The molecule has 3 aromatic carbocycles. The molecule has 0 unspecified atom stereocenters.